The van der Waals surface area contributed by atoms with Crippen molar-refractivity contribution in [2.24, 2.45) is 11.8 Å². The molecule has 2 atom stereocenters. The summed E-state index contributed by atoms with van der Waals surface area (Å²) in [5, 5.41) is 0.0545. The van der Waals surface area contributed by atoms with Crippen LogP contribution < -0.4 is 0 Å². The third-order valence-corrected chi connectivity index (χ3v) is 5.53. The normalized spacial score (nSPS) is 26.0. The van der Waals surface area contributed by atoms with Crippen LogP contribution in [0.2, 0.25) is 5.02 Å². The highest BCUT2D eigenvalue weighted by Crippen LogP contribution is 2.37. The summed E-state index contributed by atoms with van der Waals surface area (Å²) in [5.41, 5.74) is 0.221. The number of hydrogen-bond donors (Lipinski definition) is 0. The summed E-state index contributed by atoms with van der Waals surface area (Å²) in [4.78, 5) is 40.4. The molecule has 2 saturated heterocycles. The maximum absolute atomic E-state index is 13.1. The van der Waals surface area contributed by atoms with Gasteiger partial charge < -0.3 is 4.90 Å². The van der Waals surface area contributed by atoms with Gasteiger partial charge in [0.05, 0.1) is 28.5 Å². The first-order chi connectivity index (χ1) is 12.0. The number of nitrogens with zero attached hydrogens (tertiary/aromatic N) is 2. The first-order valence-corrected chi connectivity index (χ1v) is 8.61. The molecule has 0 unspecified atom stereocenters. The Hall–Kier alpha value is -2.21. The Morgan fingerprint density at radius 2 is 1.68 bits per heavy atom. The zero-order chi connectivity index (χ0) is 17.7. The van der Waals surface area contributed by atoms with Gasteiger partial charge in [-0.1, -0.05) is 23.8 Å². The van der Waals surface area contributed by atoms with Crippen LogP contribution in [0, 0.1) is 17.7 Å². The number of benzene rings is 1. The maximum Gasteiger partial charge on any atom is 0.255 e. The molecule has 0 aromatic heterocycles. The molecule has 0 saturated carbocycles. The quantitative estimate of drug-likeness (QED) is 0.599. The Morgan fingerprint density at radius 1 is 1.08 bits per heavy atom. The van der Waals surface area contributed by atoms with Crippen LogP contribution in [0.5, 0.6) is 0 Å². The number of rotatable bonds is 2. The van der Waals surface area contributed by atoms with Crippen molar-refractivity contribution in [1.29, 1.82) is 0 Å². The van der Waals surface area contributed by atoms with E-state index in [1.165, 1.54) is 21.9 Å². The first kappa shape index (κ1) is 16.3. The molecular weight excluding hydrogens is 347 g/mol. The predicted molar refractivity (Wildman–Crippen MR) is 88.3 cm³/mol. The summed E-state index contributed by atoms with van der Waals surface area (Å²) >= 11 is 5.93. The van der Waals surface area contributed by atoms with Gasteiger partial charge in [0, 0.05) is 13.1 Å². The molecule has 0 radical (unpaired) electrons. The van der Waals surface area contributed by atoms with E-state index in [1.54, 1.807) is 0 Å². The van der Waals surface area contributed by atoms with Gasteiger partial charge >= 0.3 is 0 Å². The SMILES string of the molecule is O=C(c1ccc(F)cc1Cl)N1CC(N2C(=O)[C@H]3CC=CC[C@H]3C2=O)C1. The van der Waals surface area contributed by atoms with Gasteiger partial charge in [0.15, 0.2) is 0 Å². The van der Waals surface area contributed by atoms with Gasteiger partial charge in [-0.3, -0.25) is 19.3 Å². The highest BCUT2D eigenvalue weighted by atomic mass is 35.5. The molecule has 1 aromatic carbocycles. The van der Waals surface area contributed by atoms with Crippen molar-refractivity contribution < 1.29 is 18.8 Å². The Labute approximate surface area is 149 Å². The van der Waals surface area contributed by atoms with Gasteiger partial charge in [-0.25, -0.2) is 4.39 Å². The lowest BCUT2D eigenvalue weighted by Crippen LogP contribution is -2.62. The number of imide groups is 1. The minimum absolute atomic E-state index is 0.0545. The highest BCUT2D eigenvalue weighted by molar-refractivity contribution is 6.33. The van der Waals surface area contributed by atoms with Crippen LogP contribution in [-0.2, 0) is 9.59 Å². The summed E-state index contributed by atoms with van der Waals surface area (Å²) in [7, 11) is 0. The summed E-state index contributed by atoms with van der Waals surface area (Å²) in [6.07, 6.45) is 5.10. The van der Waals surface area contributed by atoms with Crippen LogP contribution in [0.3, 0.4) is 0 Å². The van der Waals surface area contributed by atoms with E-state index in [0.29, 0.717) is 12.8 Å². The van der Waals surface area contributed by atoms with Crippen LogP contribution in [0.25, 0.3) is 0 Å². The van der Waals surface area contributed by atoms with Crippen LogP contribution in [-0.4, -0.2) is 46.7 Å². The lowest BCUT2D eigenvalue weighted by atomic mass is 9.85. The molecule has 0 spiro atoms. The highest BCUT2D eigenvalue weighted by Gasteiger charge is 2.52. The average molecular weight is 363 g/mol. The molecule has 0 bridgehead atoms. The van der Waals surface area contributed by atoms with Crippen LogP contribution >= 0.6 is 11.6 Å². The number of hydrogen-bond acceptors (Lipinski definition) is 3. The molecule has 1 aliphatic carbocycles. The molecule has 25 heavy (non-hydrogen) atoms. The minimum Gasteiger partial charge on any atom is -0.334 e. The molecule has 2 aliphatic heterocycles. The topological polar surface area (TPSA) is 57.7 Å². The van der Waals surface area contributed by atoms with Crippen molar-refractivity contribution >= 4 is 29.3 Å². The van der Waals surface area contributed by atoms with Gasteiger partial charge in [0.1, 0.15) is 5.82 Å². The van der Waals surface area contributed by atoms with Crippen LogP contribution in [0.4, 0.5) is 4.39 Å². The largest absolute Gasteiger partial charge is 0.334 e. The van der Waals surface area contributed by atoms with Gasteiger partial charge in [-0.05, 0) is 31.0 Å². The smallest absolute Gasteiger partial charge is 0.255 e. The van der Waals surface area contributed by atoms with Crippen molar-refractivity contribution in [3.63, 3.8) is 0 Å². The third-order valence-electron chi connectivity index (χ3n) is 5.22. The van der Waals surface area contributed by atoms with E-state index in [2.05, 4.69) is 0 Å². The van der Waals surface area contributed by atoms with Crippen LogP contribution in [0.1, 0.15) is 23.2 Å². The van der Waals surface area contributed by atoms with E-state index in [9.17, 15) is 18.8 Å². The maximum atomic E-state index is 13.1. The average Bonchev–Trinajstić information content (AvgIpc) is 2.79. The summed E-state index contributed by atoms with van der Waals surface area (Å²) in [5.74, 6) is -1.60. The molecule has 2 fully saturated rings. The standard InChI is InChI=1S/C18H16ClFN2O3/c19-15-7-10(20)5-6-14(15)16(23)21-8-11(9-21)22-17(24)12-3-1-2-4-13(12)18(22)25/h1-2,5-7,11-13H,3-4,8-9H2/t12-,13+. The monoisotopic (exact) mass is 362 g/mol. The van der Waals surface area contributed by atoms with E-state index in [1.807, 2.05) is 12.2 Å². The summed E-state index contributed by atoms with van der Waals surface area (Å²) in [6.45, 7) is 0.577. The molecule has 7 heteroatoms. The molecule has 1 aromatic rings. The number of likely N-dealkylation sites (tertiary alicyclic amines) is 2. The zero-order valence-electron chi connectivity index (χ0n) is 13.3. The fourth-order valence-electron chi connectivity index (χ4n) is 3.80. The number of amides is 3. The first-order valence-electron chi connectivity index (χ1n) is 8.23. The Bertz CT molecular complexity index is 778. The molecule has 3 amide bonds. The Kier molecular flexibility index (Phi) is 3.87. The van der Waals surface area contributed by atoms with Gasteiger partial charge in [-0.2, -0.15) is 0 Å². The number of allylic oxidation sites excluding steroid dienone is 2. The number of carbonyl (C=O) groups excluding carboxylic acids is 3. The predicted octanol–water partition coefficient (Wildman–Crippen LogP) is 2.25. The number of halogens is 2. The van der Waals surface area contributed by atoms with Gasteiger partial charge in [-0.15, -0.1) is 0 Å². The molecule has 4 rings (SSSR count). The van der Waals surface area contributed by atoms with Crippen molar-refractivity contribution in [2.75, 3.05) is 13.1 Å². The van der Waals surface area contributed by atoms with Crippen molar-refractivity contribution in [3.8, 4) is 0 Å². The van der Waals surface area contributed by atoms with Crippen LogP contribution in [0.15, 0.2) is 30.4 Å². The number of fused-ring (bicyclic) bond motifs is 1. The van der Waals surface area contributed by atoms with E-state index in [-0.39, 0.29) is 59.3 Å². The van der Waals surface area contributed by atoms with E-state index < -0.39 is 5.82 Å². The van der Waals surface area contributed by atoms with E-state index in [4.69, 9.17) is 11.6 Å². The fourth-order valence-corrected chi connectivity index (χ4v) is 4.05. The molecule has 2 heterocycles. The van der Waals surface area contributed by atoms with Crippen molar-refractivity contribution in [2.45, 2.75) is 18.9 Å². The van der Waals surface area contributed by atoms with E-state index >= 15 is 0 Å². The summed E-state index contributed by atoms with van der Waals surface area (Å²) in [6, 6.07) is 3.34. The third kappa shape index (κ3) is 2.56. The zero-order valence-corrected chi connectivity index (χ0v) is 14.1. The molecule has 130 valence electrons. The molecule has 0 N–H and O–H groups in total. The summed E-state index contributed by atoms with van der Waals surface area (Å²) < 4.78 is 13.1. The van der Waals surface area contributed by atoms with E-state index in [0.717, 1.165) is 6.07 Å². The lowest BCUT2D eigenvalue weighted by molar-refractivity contribution is -0.145. The van der Waals surface area contributed by atoms with Crippen molar-refractivity contribution in [3.05, 3.63) is 46.8 Å². The minimum atomic E-state index is -0.507. The lowest BCUT2D eigenvalue weighted by Gasteiger charge is -2.43. The van der Waals surface area contributed by atoms with Gasteiger partial charge in [0.25, 0.3) is 5.91 Å². The molecule has 5 nitrogen and oxygen atoms in total. The Balaban J connectivity index is 1.44. The molecular formula is C18H16ClFN2O3. The fraction of sp³-hybridized carbons (Fsp3) is 0.389. The van der Waals surface area contributed by atoms with Crippen molar-refractivity contribution in [1.82, 2.24) is 9.80 Å². The molecule has 3 aliphatic rings. The second-order valence-electron chi connectivity index (χ2n) is 6.69. The second kappa shape index (κ2) is 5.95. The number of carbonyl (C=O) groups is 3. The second-order valence-corrected chi connectivity index (χ2v) is 7.10. The Morgan fingerprint density at radius 3 is 2.24 bits per heavy atom. The van der Waals surface area contributed by atoms with Gasteiger partial charge in [0.2, 0.25) is 11.8 Å².